The Bertz CT molecular complexity index is 924. The van der Waals surface area contributed by atoms with Gasteiger partial charge in [-0.1, -0.05) is 23.2 Å². The molecule has 0 saturated carbocycles. The van der Waals surface area contributed by atoms with Crippen molar-refractivity contribution in [3.8, 4) is 0 Å². The van der Waals surface area contributed by atoms with Gasteiger partial charge in [0, 0.05) is 11.6 Å². The monoisotopic (exact) mass is 397 g/mol. The van der Waals surface area contributed by atoms with Gasteiger partial charge in [0.2, 0.25) is 5.28 Å². The van der Waals surface area contributed by atoms with Crippen LogP contribution in [-0.4, -0.2) is 26.1 Å². The molecule has 4 rings (SSSR count). The standard InChI is InChI=1S/C16H14Cl3N5O/c17-9-4-5-11(10(18)7-9)21-14-13-15(23-16(19)22-14)24(8-20-13)12-3-1-2-6-25-12/h4-5,7-8,12H,1-3,6H2,(H,21,22,23). The van der Waals surface area contributed by atoms with E-state index < -0.39 is 0 Å². The lowest BCUT2D eigenvalue weighted by Gasteiger charge is -2.23. The molecule has 1 aromatic carbocycles. The van der Waals surface area contributed by atoms with Gasteiger partial charge in [0.15, 0.2) is 17.0 Å². The van der Waals surface area contributed by atoms with Crippen molar-refractivity contribution in [1.82, 2.24) is 19.5 Å². The van der Waals surface area contributed by atoms with Crippen LogP contribution in [0.15, 0.2) is 24.5 Å². The maximum absolute atomic E-state index is 6.23. The molecule has 0 radical (unpaired) electrons. The lowest BCUT2D eigenvalue weighted by Crippen LogP contribution is -2.17. The minimum Gasteiger partial charge on any atom is -0.358 e. The molecule has 9 heteroatoms. The van der Waals surface area contributed by atoms with Crippen molar-refractivity contribution < 1.29 is 4.74 Å². The Morgan fingerprint density at radius 3 is 2.80 bits per heavy atom. The number of nitrogens with one attached hydrogen (secondary N) is 1. The van der Waals surface area contributed by atoms with E-state index in [4.69, 9.17) is 39.5 Å². The third-order valence-electron chi connectivity index (χ3n) is 4.04. The molecule has 0 bridgehead atoms. The summed E-state index contributed by atoms with van der Waals surface area (Å²) in [6, 6.07) is 5.16. The number of fused-ring (bicyclic) bond motifs is 1. The first-order valence-electron chi connectivity index (χ1n) is 7.85. The maximum atomic E-state index is 6.23. The zero-order chi connectivity index (χ0) is 17.4. The van der Waals surface area contributed by atoms with Gasteiger partial charge in [0.1, 0.15) is 6.23 Å². The number of rotatable bonds is 3. The van der Waals surface area contributed by atoms with Crippen LogP contribution in [0.25, 0.3) is 11.2 Å². The SMILES string of the molecule is Clc1ccc(Nc2nc(Cl)nc3c2ncn3C2CCCCO2)c(Cl)c1. The Hall–Kier alpha value is -1.60. The van der Waals surface area contributed by atoms with Gasteiger partial charge in [0.05, 0.1) is 17.0 Å². The molecule has 1 N–H and O–H groups in total. The Kier molecular flexibility index (Phi) is 4.69. The Balaban J connectivity index is 1.75. The Morgan fingerprint density at radius 2 is 2.04 bits per heavy atom. The predicted molar refractivity (Wildman–Crippen MR) is 98.9 cm³/mol. The summed E-state index contributed by atoms with van der Waals surface area (Å²) >= 11 is 18.3. The van der Waals surface area contributed by atoms with E-state index in [2.05, 4.69) is 20.3 Å². The summed E-state index contributed by atoms with van der Waals surface area (Å²) < 4.78 is 7.72. The molecule has 0 spiro atoms. The lowest BCUT2D eigenvalue weighted by atomic mass is 10.2. The molecular weight excluding hydrogens is 385 g/mol. The van der Waals surface area contributed by atoms with E-state index in [1.165, 1.54) is 0 Å². The van der Waals surface area contributed by atoms with Crippen LogP contribution in [0.5, 0.6) is 0 Å². The van der Waals surface area contributed by atoms with Crippen LogP contribution in [0, 0.1) is 0 Å². The number of ether oxygens (including phenoxy) is 1. The summed E-state index contributed by atoms with van der Waals surface area (Å²) in [6.45, 7) is 0.731. The van der Waals surface area contributed by atoms with Gasteiger partial charge in [0.25, 0.3) is 0 Å². The summed E-state index contributed by atoms with van der Waals surface area (Å²) in [6.07, 6.45) is 4.71. The Labute approximate surface area is 159 Å². The van der Waals surface area contributed by atoms with Crippen molar-refractivity contribution in [3.63, 3.8) is 0 Å². The smallest absolute Gasteiger partial charge is 0.226 e. The highest BCUT2D eigenvalue weighted by atomic mass is 35.5. The average Bonchev–Trinajstić information content (AvgIpc) is 3.02. The number of benzene rings is 1. The van der Waals surface area contributed by atoms with E-state index in [0.29, 0.717) is 32.7 Å². The van der Waals surface area contributed by atoms with E-state index in [9.17, 15) is 0 Å². The molecule has 1 saturated heterocycles. The fraction of sp³-hybridized carbons (Fsp3) is 0.312. The number of imidazole rings is 1. The van der Waals surface area contributed by atoms with Gasteiger partial charge in [-0.25, -0.2) is 4.98 Å². The largest absolute Gasteiger partial charge is 0.358 e. The van der Waals surface area contributed by atoms with Crippen LogP contribution in [0.2, 0.25) is 15.3 Å². The van der Waals surface area contributed by atoms with Crippen LogP contribution in [0.1, 0.15) is 25.5 Å². The second-order valence-corrected chi connectivity index (χ2v) is 6.92. The number of hydrogen-bond donors (Lipinski definition) is 1. The van der Waals surface area contributed by atoms with Crippen molar-refractivity contribution in [2.45, 2.75) is 25.5 Å². The second kappa shape index (κ2) is 6.96. The summed E-state index contributed by atoms with van der Waals surface area (Å²) in [5.41, 5.74) is 1.88. The van der Waals surface area contributed by atoms with Crippen LogP contribution in [-0.2, 0) is 4.74 Å². The highest BCUT2D eigenvalue weighted by Crippen LogP contribution is 2.32. The first-order chi connectivity index (χ1) is 12.1. The molecule has 6 nitrogen and oxygen atoms in total. The van der Waals surface area contributed by atoms with E-state index in [1.54, 1.807) is 24.5 Å². The molecule has 0 aliphatic carbocycles. The van der Waals surface area contributed by atoms with Crippen LogP contribution < -0.4 is 5.32 Å². The molecule has 0 amide bonds. The zero-order valence-electron chi connectivity index (χ0n) is 13.0. The summed E-state index contributed by atoms with van der Waals surface area (Å²) in [5, 5.41) is 4.31. The molecular formula is C16H14Cl3N5O. The maximum Gasteiger partial charge on any atom is 0.226 e. The molecule has 3 heterocycles. The van der Waals surface area contributed by atoms with Gasteiger partial charge < -0.3 is 10.1 Å². The zero-order valence-corrected chi connectivity index (χ0v) is 15.3. The minimum atomic E-state index is -0.0864. The normalized spacial score (nSPS) is 17.8. The third kappa shape index (κ3) is 3.40. The number of hydrogen-bond acceptors (Lipinski definition) is 5. The van der Waals surface area contributed by atoms with Gasteiger partial charge >= 0.3 is 0 Å². The van der Waals surface area contributed by atoms with E-state index in [1.807, 2.05) is 4.57 Å². The van der Waals surface area contributed by atoms with Crippen molar-refractivity contribution in [1.29, 1.82) is 0 Å². The van der Waals surface area contributed by atoms with Crippen LogP contribution in [0.4, 0.5) is 11.5 Å². The van der Waals surface area contributed by atoms with Gasteiger partial charge in [-0.15, -0.1) is 0 Å². The fourth-order valence-electron chi connectivity index (χ4n) is 2.85. The summed E-state index contributed by atoms with van der Waals surface area (Å²) in [4.78, 5) is 13.0. The highest BCUT2D eigenvalue weighted by molar-refractivity contribution is 6.36. The third-order valence-corrected chi connectivity index (χ3v) is 4.76. The topological polar surface area (TPSA) is 64.9 Å². The highest BCUT2D eigenvalue weighted by Gasteiger charge is 2.21. The molecule has 1 atom stereocenters. The molecule has 3 aromatic rings. The molecule has 130 valence electrons. The van der Waals surface area contributed by atoms with E-state index in [-0.39, 0.29) is 11.5 Å². The molecule has 25 heavy (non-hydrogen) atoms. The first-order valence-corrected chi connectivity index (χ1v) is 8.99. The predicted octanol–water partition coefficient (Wildman–Crippen LogP) is 5.23. The van der Waals surface area contributed by atoms with Crippen molar-refractivity contribution >= 4 is 57.5 Å². The summed E-state index contributed by atoms with van der Waals surface area (Å²) in [5.74, 6) is 0.480. The molecule has 1 unspecified atom stereocenters. The number of aromatic nitrogens is 4. The van der Waals surface area contributed by atoms with Gasteiger partial charge in [-0.2, -0.15) is 9.97 Å². The van der Waals surface area contributed by atoms with Crippen LogP contribution in [0.3, 0.4) is 0 Å². The second-order valence-electron chi connectivity index (χ2n) is 5.74. The number of halogens is 3. The van der Waals surface area contributed by atoms with E-state index >= 15 is 0 Å². The van der Waals surface area contributed by atoms with Crippen LogP contribution >= 0.6 is 34.8 Å². The lowest BCUT2D eigenvalue weighted by molar-refractivity contribution is -0.0298. The Morgan fingerprint density at radius 1 is 1.16 bits per heavy atom. The van der Waals surface area contributed by atoms with Crippen molar-refractivity contribution in [3.05, 3.63) is 39.9 Å². The van der Waals surface area contributed by atoms with Crippen molar-refractivity contribution in [2.24, 2.45) is 0 Å². The molecule has 1 aliphatic heterocycles. The van der Waals surface area contributed by atoms with Crippen molar-refractivity contribution in [2.75, 3.05) is 11.9 Å². The van der Waals surface area contributed by atoms with Gasteiger partial charge in [-0.05, 0) is 49.1 Å². The van der Waals surface area contributed by atoms with Gasteiger partial charge in [-0.3, -0.25) is 4.57 Å². The fourth-order valence-corrected chi connectivity index (χ4v) is 3.47. The first kappa shape index (κ1) is 16.8. The average molecular weight is 399 g/mol. The molecule has 1 aliphatic rings. The molecule has 2 aromatic heterocycles. The molecule has 1 fully saturated rings. The summed E-state index contributed by atoms with van der Waals surface area (Å²) in [7, 11) is 0. The number of nitrogens with zero attached hydrogens (tertiary/aromatic N) is 4. The quantitative estimate of drug-likeness (QED) is 0.612. The minimum absolute atomic E-state index is 0.0864. The number of anilines is 2. The van der Waals surface area contributed by atoms with E-state index in [0.717, 1.165) is 25.9 Å².